The van der Waals surface area contributed by atoms with E-state index in [9.17, 15) is 0 Å². The molecule has 0 saturated carbocycles. The van der Waals surface area contributed by atoms with Gasteiger partial charge in [-0.05, 0) is 37.9 Å². The fourth-order valence-corrected chi connectivity index (χ4v) is 3.41. The predicted octanol–water partition coefficient (Wildman–Crippen LogP) is 2.06. The van der Waals surface area contributed by atoms with Crippen molar-refractivity contribution in [2.45, 2.75) is 31.3 Å². The topological polar surface area (TPSA) is 67.3 Å². The average molecular weight is 258 g/mol. The Bertz CT molecular complexity index is 609. The molecule has 0 amide bonds. The van der Waals surface area contributed by atoms with Gasteiger partial charge in [-0.25, -0.2) is 0 Å². The van der Waals surface area contributed by atoms with Crippen molar-refractivity contribution in [2.24, 2.45) is 0 Å². The summed E-state index contributed by atoms with van der Waals surface area (Å²) in [4.78, 5) is 7.05. The minimum Gasteiger partial charge on any atom is -0.423 e. The van der Waals surface area contributed by atoms with Gasteiger partial charge in [0.05, 0.1) is 0 Å². The number of oxazole rings is 1. The molecule has 2 unspecified atom stereocenters. The van der Waals surface area contributed by atoms with Gasteiger partial charge in [-0.2, -0.15) is 4.98 Å². The van der Waals surface area contributed by atoms with Crippen LogP contribution in [-0.2, 0) is 0 Å². The van der Waals surface area contributed by atoms with Crippen molar-refractivity contribution < 1.29 is 4.42 Å². The van der Waals surface area contributed by atoms with Crippen LogP contribution in [0.3, 0.4) is 0 Å². The SMILES string of the molecule is Nc1ccc2nc(NC3CCN4CCCC34)oc2c1. The minimum atomic E-state index is 0.466. The maximum Gasteiger partial charge on any atom is 0.295 e. The van der Waals surface area contributed by atoms with Crippen molar-refractivity contribution >= 4 is 22.8 Å². The van der Waals surface area contributed by atoms with E-state index in [2.05, 4.69) is 15.2 Å². The Balaban J connectivity index is 1.58. The Morgan fingerprint density at radius 3 is 3.21 bits per heavy atom. The van der Waals surface area contributed by atoms with Gasteiger partial charge in [-0.15, -0.1) is 0 Å². The van der Waals surface area contributed by atoms with Gasteiger partial charge in [-0.3, -0.25) is 4.90 Å². The lowest BCUT2D eigenvalue weighted by molar-refractivity contribution is 0.317. The Morgan fingerprint density at radius 2 is 2.26 bits per heavy atom. The highest BCUT2D eigenvalue weighted by Crippen LogP contribution is 2.30. The molecule has 5 heteroatoms. The van der Waals surface area contributed by atoms with Crippen molar-refractivity contribution in [3.63, 3.8) is 0 Å². The molecular formula is C14H18N4O. The molecule has 2 atom stereocenters. The summed E-state index contributed by atoms with van der Waals surface area (Å²) < 4.78 is 5.74. The molecular weight excluding hydrogens is 240 g/mol. The summed E-state index contributed by atoms with van der Waals surface area (Å²) in [5.41, 5.74) is 8.07. The Hall–Kier alpha value is -1.75. The number of nitrogens with two attached hydrogens (primary N) is 1. The van der Waals surface area contributed by atoms with Gasteiger partial charge >= 0.3 is 0 Å². The summed E-state index contributed by atoms with van der Waals surface area (Å²) in [5, 5.41) is 3.46. The summed E-state index contributed by atoms with van der Waals surface area (Å²) in [5.74, 6) is 0. The third-order valence-electron chi connectivity index (χ3n) is 4.33. The third kappa shape index (κ3) is 1.85. The highest BCUT2D eigenvalue weighted by Gasteiger charge is 2.37. The number of rotatable bonds is 2. The molecule has 4 rings (SSSR count). The summed E-state index contributed by atoms with van der Waals surface area (Å²) in [6.45, 7) is 2.43. The fourth-order valence-electron chi connectivity index (χ4n) is 3.41. The Morgan fingerprint density at radius 1 is 1.32 bits per heavy atom. The fraction of sp³-hybridized carbons (Fsp3) is 0.500. The molecule has 1 aromatic carbocycles. The van der Waals surface area contributed by atoms with Gasteiger partial charge < -0.3 is 15.5 Å². The van der Waals surface area contributed by atoms with Crippen LogP contribution < -0.4 is 11.1 Å². The highest BCUT2D eigenvalue weighted by molar-refractivity contribution is 5.78. The highest BCUT2D eigenvalue weighted by atomic mass is 16.4. The van der Waals surface area contributed by atoms with E-state index in [1.807, 2.05) is 18.2 Å². The Kier molecular flexibility index (Phi) is 2.41. The van der Waals surface area contributed by atoms with Crippen molar-refractivity contribution in [1.29, 1.82) is 0 Å². The molecule has 2 saturated heterocycles. The van der Waals surface area contributed by atoms with Crippen LogP contribution in [-0.4, -0.2) is 35.1 Å². The second-order valence-electron chi connectivity index (χ2n) is 5.53. The largest absolute Gasteiger partial charge is 0.423 e. The number of anilines is 2. The standard InChI is InChI=1S/C14H18N4O/c15-9-3-4-11-13(8-9)19-14(17-11)16-10-5-7-18-6-1-2-12(10)18/h3-4,8,10,12H,1-2,5-7,15H2,(H,16,17). The van der Waals surface area contributed by atoms with Crippen LogP contribution in [0.5, 0.6) is 0 Å². The molecule has 0 spiro atoms. The monoisotopic (exact) mass is 258 g/mol. The summed E-state index contributed by atoms with van der Waals surface area (Å²) in [6, 6.07) is 7.32. The average Bonchev–Trinajstić information content (AvgIpc) is 3.05. The molecule has 2 fully saturated rings. The molecule has 3 heterocycles. The molecule has 100 valence electrons. The van der Waals surface area contributed by atoms with Crippen LogP contribution in [0.25, 0.3) is 11.1 Å². The maximum absolute atomic E-state index is 5.75. The van der Waals surface area contributed by atoms with Crippen molar-refractivity contribution in [3.8, 4) is 0 Å². The van der Waals surface area contributed by atoms with E-state index >= 15 is 0 Å². The first kappa shape index (κ1) is 11.1. The van der Waals surface area contributed by atoms with Gasteiger partial charge in [-0.1, -0.05) is 0 Å². The van der Waals surface area contributed by atoms with E-state index in [4.69, 9.17) is 10.2 Å². The van der Waals surface area contributed by atoms with E-state index in [1.54, 1.807) is 0 Å². The molecule has 5 nitrogen and oxygen atoms in total. The van der Waals surface area contributed by atoms with Gasteiger partial charge in [0.2, 0.25) is 0 Å². The van der Waals surface area contributed by atoms with Gasteiger partial charge in [0.15, 0.2) is 5.58 Å². The van der Waals surface area contributed by atoms with E-state index in [0.29, 0.717) is 23.8 Å². The quantitative estimate of drug-likeness (QED) is 0.807. The molecule has 2 aliphatic rings. The number of aromatic nitrogens is 1. The van der Waals surface area contributed by atoms with Crippen molar-refractivity contribution in [1.82, 2.24) is 9.88 Å². The van der Waals surface area contributed by atoms with Crippen LogP contribution in [0.15, 0.2) is 22.6 Å². The van der Waals surface area contributed by atoms with E-state index in [1.165, 1.54) is 32.4 Å². The number of hydrogen-bond acceptors (Lipinski definition) is 5. The van der Waals surface area contributed by atoms with Crippen LogP contribution in [0.4, 0.5) is 11.7 Å². The zero-order valence-electron chi connectivity index (χ0n) is 10.8. The lowest BCUT2D eigenvalue weighted by Gasteiger charge is -2.20. The molecule has 0 aliphatic carbocycles. The molecule has 1 aromatic heterocycles. The zero-order valence-corrected chi connectivity index (χ0v) is 10.8. The summed E-state index contributed by atoms with van der Waals surface area (Å²) >= 11 is 0. The second-order valence-corrected chi connectivity index (χ2v) is 5.53. The van der Waals surface area contributed by atoms with E-state index in [-0.39, 0.29) is 0 Å². The molecule has 2 aliphatic heterocycles. The van der Waals surface area contributed by atoms with Crippen LogP contribution in [0.1, 0.15) is 19.3 Å². The molecule has 3 N–H and O–H groups in total. The first-order valence-corrected chi connectivity index (χ1v) is 6.96. The lowest BCUT2D eigenvalue weighted by Crippen LogP contribution is -2.33. The first-order valence-electron chi connectivity index (χ1n) is 6.96. The number of fused-ring (bicyclic) bond motifs is 2. The van der Waals surface area contributed by atoms with Crippen molar-refractivity contribution in [3.05, 3.63) is 18.2 Å². The number of benzene rings is 1. The number of nitrogens with zero attached hydrogens (tertiary/aromatic N) is 2. The van der Waals surface area contributed by atoms with Gasteiger partial charge in [0.1, 0.15) is 5.52 Å². The van der Waals surface area contributed by atoms with Crippen LogP contribution >= 0.6 is 0 Å². The lowest BCUT2D eigenvalue weighted by atomic mass is 10.1. The van der Waals surface area contributed by atoms with Crippen LogP contribution in [0, 0.1) is 0 Å². The molecule has 19 heavy (non-hydrogen) atoms. The number of hydrogen-bond donors (Lipinski definition) is 2. The number of nitrogen functional groups attached to an aromatic ring is 1. The second kappa shape index (κ2) is 4.13. The summed E-state index contributed by atoms with van der Waals surface area (Å²) in [6.07, 6.45) is 3.77. The summed E-state index contributed by atoms with van der Waals surface area (Å²) in [7, 11) is 0. The smallest absolute Gasteiger partial charge is 0.295 e. The van der Waals surface area contributed by atoms with Crippen LogP contribution in [0.2, 0.25) is 0 Å². The van der Waals surface area contributed by atoms with Gasteiger partial charge in [0, 0.05) is 30.4 Å². The third-order valence-corrected chi connectivity index (χ3v) is 4.33. The molecule has 0 bridgehead atoms. The normalized spacial score (nSPS) is 26.9. The first-order chi connectivity index (χ1) is 9.29. The van der Waals surface area contributed by atoms with Gasteiger partial charge in [0.25, 0.3) is 6.01 Å². The van der Waals surface area contributed by atoms with E-state index in [0.717, 1.165) is 11.1 Å². The molecule has 2 aromatic rings. The maximum atomic E-state index is 5.75. The molecule has 0 radical (unpaired) electrons. The van der Waals surface area contributed by atoms with Crippen molar-refractivity contribution in [2.75, 3.05) is 24.1 Å². The minimum absolute atomic E-state index is 0.466. The Labute approximate surface area is 111 Å². The predicted molar refractivity (Wildman–Crippen MR) is 75.0 cm³/mol. The number of nitrogens with one attached hydrogen (secondary N) is 1. The van der Waals surface area contributed by atoms with E-state index < -0.39 is 0 Å². The zero-order chi connectivity index (χ0) is 12.8.